The number of aromatic nitrogens is 5. The summed E-state index contributed by atoms with van der Waals surface area (Å²) in [5.41, 5.74) is 0.635. The number of aromatic amines is 1. The second-order valence-electron chi connectivity index (χ2n) is 5.72. The number of sulfonamides is 1. The summed E-state index contributed by atoms with van der Waals surface area (Å²) in [6.45, 7) is 0. The lowest BCUT2D eigenvalue weighted by Crippen LogP contribution is -2.17. The number of anilines is 3. The van der Waals surface area contributed by atoms with Gasteiger partial charge in [0.05, 0.1) is 5.39 Å². The molecule has 0 saturated heterocycles. The van der Waals surface area contributed by atoms with Gasteiger partial charge in [-0.1, -0.05) is 0 Å². The maximum atomic E-state index is 13.0. The van der Waals surface area contributed by atoms with Crippen LogP contribution in [0.1, 0.15) is 0 Å². The van der Waals surface area contributed by atoms with Crippen LogP contribution in [-0.4, -0.2) is 33.2 Å². The van der Waals surface area contributed by atoms with Crippen molar-refractivity contribution in [1.82, 2.24) is 24.7 Å². The Kier molecular flexibility index (Phi) is 4.00. The highest BCUT2D eigenvalue weighted by atomic mass is 32.2. The topological polar surface area (TPSA) is 118 Å². The quantitative estimate of drug-likeness (QED) is 0.453. The summed E-state index contributed by atoms with van der Waals surface area (Å²) in [6.07, 6.45) is 3.37. The van der Waals surface area contributed by atoms with E-state index in [2.05, 4.69) is 30.2 Å². The van der Waals surface area contributed by atoms with E-state index >= 15 is 0 Å². The standard InChI is InChI=1S/C16H14FN7O2S/c1-24-9-7-12-14(19-13-6-8-18-22-13)20-16(21-15(12)24)27(25,26)23-11-4-2-10(17)3-5-11/h2-9,23H,1H3,(H2,18,19,20,21,22). The van der Waals surface area contributed by atoms with Gasteiger partial charge >= 0.3 is 0 Å². The van der Waals surface area contributed by atoms with Crippen molar-refractivity contribution in [3.63, 3.8) is 0 Å². The van der Waals surface area contributed by atoms with Crippen molar-refractivity contribution in [3.05, 3.63) is 54.6 Å². The monoisotopic (exact) mass is 387 g/mol. The van der Waals surface area contributed by atoms with Crippen molar-refractivity contribution in [2.24, 2.45) is 7.05 Å². The number of halogens is 1. The average molecular weight is 387 g/mol. The Labute approximate surface area is 153 Å². The minimum atomic E-state index is -4.09. The van der Waals surface area contributed by atoms with Crippen molar-refractivity contribution in [1.29, 1.82) is 0 Å². The lowest BCUT2D eigenvalue weighted by molar-refractivity contribution is 0.592. The number of aryl methyl sites for hydroxylation is 1. The average Bonchev–Trinajstić information content (AvgIpc) is 3.27. The van der Waals surface area contributed by atoms with Crippen LogP contribution in [0.2, 0.25) is 0 Å². The molecule has 0 bridgehead atoms. The lowest BCUT2D eigenvalue weighted by Gasteiger charge is -2.10. The van der Waals surface area contributed by atoms with Crippen LogP contribution in [0.3, 0.4) is 0 Å². The smallest absolute Gasteiger partial charge is 0.297 e. The molecule has 0 radical (unpaired) electrons. The molecule has 0 atom stereocenters. The number of H-pyrrole nitrogens is 1. The van der Waals surface area contributed by atoms with Crippen LogP contribution in [-0.2, 0) is 17.1 Å². The minimum Gasteiger partial charge on any atom is -0.335 e. The van der Waals surface area contributed by atoms with E-state index in [-0.39, 0.29) is 5.69 Å². The van der Waals surface area contributed by atoms with Crippen molar-refractivity contribution in [3.8, 4) is 0 Å². The summed E-state index contributed by atoms with van der Waals surface area (Å²) in [5.74, 6) is 0.311. The minimum absolute atomic E-state index is 0.203. The van der Waals surface area contributed by atoms with Gasteiger partial charge in [-0.3, -0.25) is 9.82 Å². The lowest BCUT2D eigenvalue weighted by atomic mass is 10.3. The maximum absolute atomic E-state index is 13.0. The molecule has 0 aliphatic rings. The van der Waals surface area contributed by atoms with Gasteiger partial charge in [-0.15, -0.1) is 0 Å². The first kappa shape index (κ1) is 17.0. The fraction of sp³-hybridized carbons (Fsp3) is 0.0625. The Morgan fingerprint density at radius 2 is 1.89 bits per heavy atom. The molecule has 1 aromatic carbocycles. The Balaban J connectivity index is 1.78. The number of rotatable bonds is 5. The number of hydrogen-bond acceptors (Lipinski definition) is 6. The Hall–Kier alpha value is -3.47. The summed E-state index contributed by atoms with van der Waals surface area (Å²) in [5, 5.41) is 9.85. The highest BCUT2D eigenvalue weighted by Gasteiger charge is 2.22. The largest absolute Gasteiger partial charge is 0.335 e. The summed E-state index contributed by atoms with van der Waals surface area (Å²) in [4.78, 5) is 8.33. The molecule has 3 N–H and O–H groups in total. The van der Waals surface area contributed by atoms with Crippen molar-refractivity contribution in [2.75, 3.05) is 10.0 Å². The van der Waals surface area contributed by atoms with Crippen LogP contribution in [0.15, 0.2) is 53.9 Å². The van der Waals surface area contributed by atoms with Gasteiger partial charge < -0.3 is 9.88 Å². The predicted molar refractivity (Wildman–Crippen MR) is 97.6 cm³/mol. The van der Waals surface area contributed by atoms with E-state index in [0.717, 1.165) is 12.1 Å². The van der Waals surface area contributed by atoms with E-state index in [1.165, 1.54) is 12.1 Å². The van der Waals surface area contributed by atoms with Gasteiger partial charge in [0.2, 0.25) is 0 Å². The molecule has 0 aliphatic heterocycles. The predicted octanol–water partition coefficient (Wildman–Crippen LogP) is 2.37. The summed E-state index contributed by atoms with van der Waals surface area (Å²) in [7, 11) is -2.34. The van der Waals surface area contributed by atoms with Gasteiger partial charge in [-0.05, 0) is 30.3 Å². The van der Waals surface area contributed by atoms with Gasteiger partial charge in [0.1, 0.15) is 17.3 Å². The molecule has 0 fully saturated rings. The first-order valence-electron chi connectivity index (χ1n) is 7.81. The molecular weight excluding hydrogens is 373 g/mol. The first-order chi connectivity index (χ1) is 12.9. The molecule has 138 valence electrons. The summed E-state index contributed by atoms with van der Waals surface area (Å²) < 4.78 is 42.5. The van der Waals surface area contributed by atoms with Crippen LogP contribution in [0.25, 0.3) is 11.0 Å². The molecular formula is C16H14FN7O2S. The Morgan fingerprint density at radius 1 is 1.11 bits per heavy atom. The molecule has 11 heteroatoms. The second-order valence-corrected chi connectivity index (χ2v) is 7.29. The number of fused-ring (bicyclic) bond motifs is 1. The molecule has 0 spiro atoms. The highest BCUT2D eigenvalue weighted by molar-refractivity contribution is 7.92. The van der Waals surface area contributed by atoms with E-state index in [0.29, 0.717) is 22.7 Å². The fourth-order valence-corrected chi connectivity index (χ4v) is 3.46. The van der Waals surface area contributed by atoms with E-state index in [9.17, 15) is 12.8 Å². The van der Waals surface area contributed by atoms with Gasteiger partial charge in [-0.2, -0.15) is 23.5 Å². The fourth-order valence-electron chi connectivity index (χ4n) is 2.50. The maximum Gasteiger partial charge on any atom is 0.297 e. The van der Waals surface area contributed by atoms with Gasteiger partial charge in [-0.25, -0.2) is 4.39 Å². The van der Waals surface area contributed by atoms with Crippen LogP contribution in [0.5, 0.6) is 0 Å². The van der Waals surface area contributed by atoms with Crippen molar-refractivity contribution < 1.29 is 12.8 Å². The molecule has 4 aromatic rings. The highest BCUT2D eigenvalue weighted by Crippen LogP contribution is 2.25. The molecule has 0 amide bonds. The van der Waals surface area contributed by atoms with E-state index < -0.39 is 21.0 Å². The molecule has 4 rings (SSSR count). The van der Waals surface area contributed by atoms with Gasteiger partial charge in [0.15, 0.2) is 5.82 Å². The number of benzene rings is 1. The zero-order valence-electron chi connectivity index (χ0n) is 14.0. The normalized spacial score (nSPS) is 11.6. The third kappa shape index (κ3) is 3.31. The SMILES string of the molecule is Cn1ccc2c(Nc3cc[nH]n3)nc(S(=O)(=O)Nc3ccc(F)cc3)nc21. The molecule has 3 aromatic heterocycles. The number of hydrogen-bond donors (Lipinski definition) is 3. The third-order valence-electron chi connectivity index (χ3n) is 3.79. The molecule has 9 nitrogen and oxygen atoms in total. The zero-order valence-corrected chi connectivity index (χ0v) is 14.8. The van der Waals surface area contributed by atoms with Gasteiger partial charge in [0, 0.05) is 31.2 Å². The Bertz CT molecular complexity index is 1200. The van der Waals surface area contributed by atoms with Gasteiger partial charge in [0.25, 0.3) is 15.2 Å². The molecule has 27 heavy (non-hydrogen) atoms. The van der Waals surface area contributed by atoms with Crippen LogP contribution in [0, 0.1) is 5.82 Å². The van der Waals surface area contributed by atoms with Crippen molar-refractivity contribution in [2.45, 2.75) is 5.16 Å². The Morgan fingerprint density at radius 3 is 2.59 bits per heavy atom. The summed E-state index contributed by atoms with van der Waals surface area (Å²) >= 11 is 0. The second kappa shape index (κ2) is 6.36. The zero-order chi connectivity index (χ0) is 19.0. The summed E-state index contributed by atoms with van der Waals surface area (Å²) in [6, 6.07) is 8.40. The molecule has 0 unspecified atom stereocenters. The first-order valence-corrected chi connectivity index (χ1v) is 9.29. The third-order valence-corrected chi connectivity index (χ3v) is 4.96. The number of nitrogens with zero attached hydrogens (tertiary/aromatic N) is 4. The van der Waals surface area contributed by atoms with Crippen molar-refractivity contribution >= 4 is 38.4 Å². The molecule has 3 heterocycles. The van der Waals surface area contributed by atoms with Crippen LogP contribution < -0.4 is 10.0 Å². The number of nitrogens with one attached hydrogen (secondary N) is 3. The van der Waals surface area contributed by atoms with E-state index in [1.54, 1.807) is 36.1 Å². The van der Waals surface area contributed by atoms with Crippen LogP contribution >= 0.6 is 0 Å². The van der Waals surface area contributed by atoms with E-state index in [4.69, 9.17) is 0 Å². The van der Waals surface area contributed by atoms with E-state index in [1.807, 2.05) is 0 Å². The van der Waals surface area contributed by atoms with Crippen LogP contribution in [0.4, 0.5) is 21.7 Å². The molecule has 0 aliphatic carbocycles. The molecule has 0 saturated carbocycles.